The lowest BCUT2D eigenvalue weighted by atomic mass is 9.74. The van der Waals surface area contributed by atoms with Crippen molar-refractivity contribution in [2.24, 2.45) is 5.41 Å². The molecule has 1 aliphatic rings. The molecule has 2 aromatic rings. The van der Waals surface area contributed by atoms with E-state index in [1.807, 2.05) is 18.2 Å². The molecule has 0 spiro atoms. The summed E-state index contributed by atoms with van der Waals surface area (Å²) in [6.45, 7) is 1.93. The van der Waals surface area contributed by atoms with Gasteiger partial charge in [0.05, 0.1) is 33.6 Å². The van der Waals surface area contributed by atoms with E-state index in [1.165, 1.54) is 6.20 Å². The second-order valence-electron chi connectivity index (χ2n) is 6.84. The average Bonchev–Trinajstić information content (AvgIpc) is 3.02. The van der Waals surface area contributed by atoms with Crippen LogP contribution in [0.25, 0.3) is 5.69 Å². The number of carbonyl (C=O) groups excluding carboxylic acids is 1. The van der Waals surface area contributed by atoms with Crippen LogP contribution in [0.1, 0.15) is 48.2 Å². The summed E-state index contributed by atoms with van der Waals surface area (Å²) < 4.78 is 1.62. The van der Waals surface area contributed by atoms with Crippen LogP contribution in [0.15, 0.2) is 30.5 Å². The molecule has 1 aromatic heterocycles. The molecule has 0 bridgehead atoms. The lowest BCUT2D eigenvalue weighted by Gasteiger charge is -2.33. The molecule has 7 heteroatoms. The predicted molar refractivity (Wildman–Crippen MR) is 98.8 cm³/mol. The number of rotatable bonds is 5. The highest BCUT2D eigenvalue weighted by Crippen LogP contribution is 2.36. The quantitative estimate of drug-likeness (QED) is 0.836. The van der Waals surface area contributed by atoms with Gasteiger partial charge in [0.15, 0.2) is 0 Å². The molecule has 3 rings (SSSR count). The number of hydrogen-bond donors (Lipinski definition) is 2. The molecular weight excluding hydrogens is 354 g/mol. The molecule has 0 radical (unpaired) electrons. The number of aliphatic carboxylic acids is 1. The highest BCUT2D eigenvalue weighted by atomic mass is 35.5. The van der Waals surface area contributed by atoms with Crippen molar-refractivity contribution in [2.75, 3.05) is 6.54 Å². The summed E-state index contributed by atoms with van der Waals surface area (Å²) in [5.74, 6) is -1.15. The van der Waals surface area contributed by atoms with Crippen LogP contribution in [-0.2, 0) is 4.79 Å². The monoisotopic (exact) mass is 375 g/mol. The third kappa shape index (κ3) is 3.46. The average molecular weight is 376 g/mol. The van der Waals surface area contributed by atoms with Gasteiger partial charge in [-0.05, 0) is 31.9 Å². The van der Waals surface area contributed by atoms with Crippen LogP contribution in [0.2, 0.25) is 5.02 Å². The highest BCUT2D eigenvalue weighted by Gasteiger charge is 2.40. The van der Waals surface area contributed by atoms with Crippen molar-refractivity contribution in [1.29, 1.82) is 0 Å². The van der Waals surface area contributed by atoms with Crippen molar-refractivity contribution in [2.45, 2.75) is 39.0 Å². The second-order valence-corrected chi connectivity index (χ2v) is 7.24. The minimum absolute atomic E-state index is 0.137. The fraction of sp³-hybridized carbons (Fsp3) is 0.421. The highest BCUT2D eigenvalue weighted by molar-refractivity contribution is 6.32. The van der Waals surface area contributed by atoms with Gasteiger partial charge in [-0.3, -0.25) is 9.59 Å². The standard InChI is InChI=1S/C19H22ClN3O3/c1-13-14(11-22-23(13)16-8-4-3-7-15(16)20)17(24)21-12-19(18(25)26)9-5-2-6-10-19/h3-4,7-8,11H,2,5-6,9-10,12H2,1H3,(H,21,24)(H,25,26). The fourth-order valence-corrected chi connectivity index (χ4v) is 3.75. The van der Waals surface area contributed by atoms with Gasteiger partial charge in [0, 0.05) is 6.54 Å². The Labute approximate surface area is 157 Å². The Morgan fingerprint density at radius 3 is 2.62 bits per heavy atom. The van der Waals surface area contributed by atoms with E-state index in [2.05, 4.69) is 10.4 Å². The molecule has 1 heterocycles. The van der Waals surface area contributed by atoms with Crippen LogP contribution in [-0.4, -0.2) is 33.3 Å². The summed E-state index contributed by atoms with van der Waals surface area (Å²) in [5.41, 5.74) is 0.908. The largest absolute Gasteiger partial charge is 0.481 e. The molecular formula is C19H22ClN3O3. The maximum atomic E-state index is 12.6. The molecule has 0 atom stereocenters. The predicted octanol–water partition coefficient (Wildman–Crippen LogP) is 3.60. The summed E-state index contributed by atoms with van der Waals surface area (Å²) in [6, 6.07) is 7.26. The van der Waals surface area contributed by atoms with E-state index in [1.54, 1.807) is 17.7 Å². The number of nitrogens with zero attached hydrogens (tertiary/aromatic N) is 2. The van der Waals surface area contributed by atoms with E-state index in [0.717, 1.165) is 19.3 Å². The van der Waals surface area contributed by atoms with Crippen molar-refractivity contribution < 1.29 is 14.7 Å². The summed E-state index contributed by atoms with van der Waals surface area (Å²) in [4.78, 5) is 24.3. The lowest BCUT2D eigenvalue weighted by Crippen LogP contribution is -2.44. The second kappa shape index (κ2) is 7.50. The minimum Gasteiger partial charge on any atom is -0.481 e. The van der Waals surface area contributed by atoms with Crippen LogP contribution in [0, 0.1) is 12.3 Å². The fourth-order valence-electron chi connectivity index (χ4n) is 3.54. The van der Waals surface area contributed by atoms with Gasteiger partial charge in [-0.25, -0.2) is 4.68 Å². The first kappa shape index (κ1) is 18.5. The topological polar surface area (TPSA) is 84.2 Å². The first-order valence-corrected chi connectivity index (χ1v) is 9.13. The Morgan fingerprint density at radius 2 is 1.96 bits per heavy atom. The first-order chi connectivity index (χ1) is 12.4. The minimum atomic E-state index is -0.861. The van der Waals surface area contributed by atoms with Gasteiger partial charge in [-0.1, -0.05) is 43.0 Å². The van der Waals surface area contributed by atoms with Gasteiger partial charge in [-0.15, -0.1) is 0 Å². The van der Waals surface area contributed by atoms with Crippen molar-refractivity contribution >= 4 is 23.5 Å². The van der Waals surface area contributed by atoms with Gasteiger partial charge in [0.25, 0.3) is 5.91 Å². The smallest absolute Gasteiger partial charge is 0.311 e. The summed E-state index contributed by atoms with van der Waals surface area (Å²) in [5, 5.41) is 17.2. The zero-order valence-electron chi connectivity index (χ0n) is 14.7. The van der Waals surface area contributed by atoms with Crippen LogP contribution >= 0.6 is 11.6 Å². The van der Waals surface area contributed by atoms with Gasteiger partial charge in [0.1, 0.15) is 0 Å². The van der Waals surface area contributed by atoms with Gasteiger partial charge in [-0.2, -0.15) is 5.10 Å². The first-order valence-electron chi connectivity index (χ1n) is 8.76. The number of halogens is 1. The molecule has 1 fully saturated rings. The van der Waals surface area contributed by atoms with Crippen LogP contribution in [0.5, 0.6) is 0 Å². The Kier molecular flexibility index (Phi) is 5.32. The zero-order valence-corrected chi connectivity index (χ0v) is 15.4. The van der Waals surface area contributed by atoms with E-state index in [0.29, 0.717) is 34.8 Å². The van der Waals surface area contributed by atoms with Crippen LogP contribution < -0.4 is 5.32 Å². The molecule has 0 unspecified atom stereocenters. The van der Waals surface area contributed by atoms with Gasteiger partial charge >= 0.3 is 5.97 Å². The van der Waals surface area contributed by atoms with Crippen molar-refractivity contribution in [3.8, 4) is 5.69 Å². The van der Waals surface area contributed by atoms with Crippen LogP contribution in [0.3, 0.4) is 0 Å². The number of aromatic nitrogens is 2. The molecule has 6 nitrogen and oxygen atoms in total. The van der Waals surface area contributed by atoms with E-state index >= 15 is 0 Å². The summed E-state index contributed by atoms with van der Waals surface area (Å²) in [7, 11) is 0. The Balaban J connectivity index is 1.77. The number of hydrogen-bond acceptors (Lipinski definition) is 3. The molecule has 0 aliphatic heterocycles. The normalized spacial score (nSPS) is 16.2. The van der Waals surface area contributed by atoms with E-state index in [9.17, 15) is 14.7 Å². The van der Waals surface area contributed by atoms with Crippen molar-refractivity contribution in [1.82, 2.24) is 15.1 Å². The lowest BCUT2D eigenvalue weighted by molar-refractivity contribution is -0.150. The third-order valence-corrected chi connectivity index (χ3v) is 5.51. The Bertz CT molecular complexity index is 825. The van der Waals surface area contributed by atoms with Crippen LogP contribution in [0.4, 0.5) is 0 Å². The zero-order chi connectivity index (χ0) is 18.7. The molecule has 26 heavy (non-hydrogen) atoms. The SMILES string of the molecule is Cc1c(C(=O)NCC2(C(=O)O)CCCCC2)cnn1-c1ccccc1Cl. The van der Waals surface area contributed by atoms with Gasteiger partial charge in [0.2, 0.25) is 0 Å². The number of carboxylic acids is 1. The molecule has 138 valence electrons. The Morgan fingerprint density at radius 1 is 1.27 bits per heavy atom. The third-order valence-electron chi connectivity index (χ3n) is 5.19. The molecule has 1 aliphatic carbocycles. The molecule has 1 amide bonds. The van der Waals surface area contributed by atoms with E-state index < -0.39 is 11.4 Å². The Hall–Kier alpha value is -2.34. The maximum Gasteiger partial charge on any atom is 0.311 e. The number of nitrogens with one attached hydrogen (secondary N) is 1. The molecule has 1 saturated carbocycles. The summed E-state index contributed by atoms with van der Waals surface area (Å²) in [6.07, 6.45) is 5.49. The van der Waals surface area contributed by atoms with E-state index in [4.69, 9.17) is 11.6 Å². The van der Waals surface area contributed by atoms with Crippen molar-refractivity contribution in [3.05, 3.63) is 46.7 Å². The molecule has 2 N–H and O–H groups in total. The number of amides is 1. The number of carboxylic acid groups (broad SMARTS) is 1. The number of benzene rings is 1. The number of carbonyl (C=O) groups is 2. The number of para-hydroxylation sites is 1. The maximum absolute atomic E-state index is 12.6. The summed E-state index contributed by atoms with van der Waals surface area (Å²) >= 11 is 6.21. The van der Waals surface area contributed by atoms with E-state index in [-0.39, 0.29) is 12.5 Å². The molecule has 1 aromatic carbocycles. The molecule has 0 saturated heterocycles. The van der Waals surface area contributed by atoms with Crippen molar-refractivity contribution in [3.63, 3.8) is 0 Å². The van der Waals surface area contributed by atoms with Gasteiger partial charge < -0.3 is 10.4 Å².